The molecule has 0 amide bonds. The van der Waals surface area contributed by atoms with Crippen molar-refractivity contribution in [2.45, 2.75) is 38.6 Å². The summed E-state index contributed by atoms with van der Waals surface area (Å²) < 4.78 is 7.78. The van der Waals surface area contributed by atoms with Crippen LogP contribution >= 0.6 is 0 Å². The lowest BCUT2D eigenvalue weighted by Gasteiger charge is -2.25. The Hall–Kier alpha value is -0.870. The molecular weight excluding hydrogens is 228 g/mol. The van der Waals surface area contributed by atoms with Crippen LogP contribution in [-0.2, 0) is 24.1 Å². The molecule has 0 bridgehead atoms. The highest BCUT2D eigenvalue weighted by Gasteiger charge is 2.23. The lowest BCUT2D eigenvalue weighted by atomic mass is 9.95. The molecule has 1 fully saturated rings. The van der Waals surface area contributed by atoms with Crippen LogP contribution in [0.2, 0.25) is 0 Å². The first-order chi connectivity index (χ1) is 8.86. The Morgan fingerprint density at radius 1 is 1.28 bits per heavy atom. The van der Waals surface area contributed by atoms with Crippen LogP contribution in [0, 0.1) is 11.8 Å². The summed E-state index contributed by atoms with van der Waals surface area (Å²) >= 11 is 0. The Labute approximate surface area is 108 Å². The van der Waals surface area contributed by atoms with Crippen molar-refractivity contribution in [3.05, 3.63) is 17.7 Å². The number of imidazole rings is 1. The lowest BCUT2D eigenvalue weighted by Crippen LogP contribution is -2.24. The van der Waals surface area contributed by atoms with Crippen molar-refractivity contribution < 1.29 is 9.84 Å². The van der Waals surface area contributed by atoms with Gasteiger partial charge in [0, 0.05) is 44.7 Å². The van der Waals surface area contributed by atoms with Crippen LogP contribution in [0.3, 0.4) is 0 Å². The van der Waals surface area contributed by atoms with Gasteiger partial charge < -0.3 is 14.4 Å². The van der Waals surface area contributed by atoms with E-state index in [1.165, 1.54) is 24.4 Å². The highest BCUT2D eigenvalue weighted by atomic mass is 16.5. The molecule has 1 atom stereocenters. The third kappa shape index (κ3) is 2.45. The Morgan fingerprint density at radius 3 is 2.89 bits per heavy atom. The minimum absolute atomic E-state index is 0.306. The molecular formula is C14H22N2O2. The third-order valence-electron chi connectivity index (χ3n) is 4.35. The summed E-state index contributed by atoms with van der Waals surface area (Å²) in [7, 11) is 0. The Balaban J connectivity index is 1.68. The van der Waals surface area contributed by atoms with Gasteiger partial charge in [0.25, 0.3) is 0 Å². The zero-order valence-electron chi connectivity index (χ0n) is 10.8. The average molecular weight is 250 g/mol. The Bertz CT molecular complexity index is 396. The van der Waals surface area contributed by atoms with E-state index in [1.54, 1.807) is 0 Å². The Morgan fingerprint density at radius 2 is 2.11 bits per heavy atom. The maximum atomic E-state index is 9.24. The van der Waals surface area contributed by atoms with Gasteiger partial charge in [-0.05, 0) is 37.5 Å². The second-order valence-electron chi connectivity index (χ2n) is 5.62. The molecule has 0 radical (unpaired) electrons. The van der Waals surface area contributed by atoms with Gasteiger partial charge in [0.05, 0.1) is 0 Å². The van der Waals surface area contributed by atoms with Crippen LogP contribution in [0.15, 0.2) is 6.20 Å². The van der Waals surface area contributed by atoms with E-state index in [0.717, 1.165) is 44.9 Å². The first kappa shape index (κ1) is 12.2. The molecule has 0 spiro atoms. The van der Waals surface area contributed by atoms with Gasteiger partial charge >= 0.3 is 0 Å². The molecule has 1 saturated heterocycles. The molecule has 2 aliphatic rings. The molecule has 18 heavy (non-hydrogen) atoms. The van der Waals surface area contributed by atoms with Gasteiger partial charge in [0.15, 0.2) is 0 Å². The van der Waals surface area contributed by atoms with Crippen LogP contribution in [0.4, 0.5) is 0 Å². The molecule has 1 unspecified atom stereocenters. The van der Waals surface area contributed by atoms with Crippen molar-refractivity contribution in [3.8, 4) is 0 Å². The molecule has 100 valence electrons. The number of rotatable bonds is 3. The molecule has 3 rings (SSSR count). The monoisotopic (exact) mass is 250 g/mol. The van der Waals surface area contributed by atoms with Crippen LogP contribution < -0.4 is 0 Å². The summed E-state index contributed by atoms with van der Waals surface area (Å²) in [5, 5.41) is 9.24. The van der Waals surface area contributed by atoms with Gasteiger partial charge in [-0.1, -0.05) is 0 Å². The SMILES string of the molecule is OCC1CCn2c(cnc2CC2CCOCC2)C1. The van der Waals surface area contributed by atoms with Crippen LogP contribution in [0.1, 0.15) is 30.8 Å². The van der Waals surface area contributed by atoms with E-state index < -0.39 is 0 Å². The standard InChI is InChI=1S/C14H22N2O2/c17-10-12-1-4-16-13(7-12)9-15-14(16)8-11-2-5-18-6-3-11/h9,11-12,17H,1-8,10H2. The number of hydrogen-bond acceptors (Lipinski definition) is 3. The van der Waals surface area contributed by atoms with Gasteiger partial charge in [-0.25, -0.2) is 4.98 Å². The summed E-state index contributed by atoms with van der Waals surface area (Å²) in [5.74, 6) is 2.42. The fraction of sp³-hybridized carbons (Fsp3) is 0.786. The predicted octanol–water partition coefficient (Wildman–Crippen LogP) is 1.41. The van der Waals surface area contributed by atoms with E-state index >= 15 is 0 Å². The first-order valence-electron chi connectivity index (χ1n) is 7.08. The minimum Gasteiger partial charge on any atom is -0.396 e. The van der Waals surface area contributed by atoms with Crippen LogP contribution in [0.5, 0.6) is 0 Å². The highest BCUT2D eigenvalue weighted by Crippen LogP contribution is 2.25. The fourth-order valence-electron chi connectivity index (χ4n) is 3.13. The molecule has 2 aliphatic heterocycles. The number of aliphatic hydroxyl groups is 1. The maximum Gasteiger partial charge on any atom is 0.109 e. The molecule has 1 aromatic heterocycles. The molecule has 0 saturated carbocycles. The van der Waals surface area contributed by atoms with Crippen molar-refractivity contribution in [2.24, 2.45) is 11.8 Å². The largest absolute Gasteiger partial charge is 0.396 e. The van der Waals surface area contributed by atoms with E-state index in [4.69, 9.17) is 4.74 Å². The molecule has 0 aromatic carbocycles. The number of nitrogens with zero attached hydrogens (tertiary/aromatic N) is 2. The fourth-order valence-corrected chi connectivity index (χ4v) is 3.13. The maximum absolute atomic E-state index is 9.24. The van der Waals surface area contributed by atoms with E-state index in [-0.39, 0.29) is 0 Å². The highest BCUT2D eigenvalue weighted by molar-refractivity contribution is 5.09. The van der Waals surface area contributed by atoms with Crippen molar-refractivity contribution in [1.29, 1.82) is 0 Å². The molecule has 3 heterocycles. The van der Waals surface area contributed by atoms with E-state index in [9.17, 15) is 5.11 Å². The molecule has 0 aliphatic carbocycles. The third-order valence-corrected chi connectivity index (χ3v) is 4.35. The van der Waals surface area contributed by atoms with Gasteiger partial charge in [-0.15, -0.1) is 0 Å². The van der Waals surface area contributed by atoms with E-state index in [2.05, 4.69) is 9.55 Å². The van der Waals surface area contributed by atoms with Gasteiger partial charge in [0.1, 0.15) is 5.82 Å². The number of hydrogen-bond donors (Lipinski definition) is 1. The summed E-state index contributed by atoms with van der Waals surface area (Å²) in [4.78, 5) is 4.60. The number of fused-ring (bicyclic) bond motifs is 1. The predicted molar refractivity (Wildman–Crippen MR) is 68.4 cm³/mol. The summed E-state index contributed by atoms with van der Waals surface area (Å²) in [6.07, 6.45) is 7.50. The number of aliphatic hydroxyl groups excluding tert-OH is 1. The number of ether oxygens (including phenoxy) is 1. The Kier molecular flexibility index (Phi) is 3.66. The molecule has 1 N–H and O–H groups in total. The second kappa shape index (κ2) is 5.41. The summed E-state index contributed by atoms with van der Waals surface area (Å²) in [5.41, 5.74) is 1.31. The first-order valence-corrected chi connectivity index (χ1v) is 7.08. The molecule has 1 aromatic rings. The van der Waals surface area contributed by atoms with Crippen molar-refractivity contribution in [2.75, 3.05) is 19.8 Å². The van der Waals surface area contributed by atoms with E-state index in [0.29, 0.717) is 12.5 Å². The zero-order chi connectivity index (χ0) is 12.4. The number of aromatic nitrogens is 2. The van der Waals surface area contributed by atoms with Gasteiger partial charge in [-0.3, -0.25) is 0 Å². The summed E-state index contributed by atoms with van der Waals surface area (Å²) in [6.45, 7) is 3.15. The molecule has 4 nitrogen and oxygen atoms in total. The van der Waals surface area contributed by atoms with Crippen molar-refractivity contribution >= 4 is 0 Å². The van der Waals surface area contributed by atoms with Gasteiger partial charge in [-0.2, -0.15) is 0 Å². The van der Waals surface area contributed by atoms with Gasteiger partial charge in [0.2, 0.25) is 0 Å². The van der Waals surface area contributed by atoms with E-state index in [1.807, 2.05) is 6.20 Å². The normalized spacial score (nSPS) is 25.1. The van der Waals surface area contributed by atoms with Crippen LogP contribution in [-0.4, -0.2) is 34.5 Å². The molecule has 4 heteroatoms. The minimum atomic E-state index is 0.306. The zero-order valence-corrected chi connectivity index (χ0v) is 10.8. The van der Waals surface area contributed by atoms with Crippen LogP contribution in [0.25, 0.3) is 0 Å². The van der Waals surface area contributed by atoms with Crippen molar-refractivity contribution in [1.82, 2.24) is 9.55 Å². The van der Waals surface area contributed by atoms with Crippen molar-refractivity contribution in [3.63, 3.8) is 0 Å². The smallest absolute Gasteiger partial charge is 0.109 e. The average Bonchev–Trinajstić information content (AvgIpc) is 2.82. The quantitative estimate of drug-likeness (QED) is 0.882. The topological polar surface area (TPSA) is 47.3 Å². The summed E-state index contributed by atoms with van der Waals surface area (Å²) in [6, 6.07) is 0. The lowest BCUT2D eigenvalue weighted by molar-refractivity contribution is 0.0656. The second-order valence-corrected chi connectivity index (χ2v) is 5.62.